The Kier molecular flexibility index (Phi) is 7.71. The monoisotopic (exact) mass is 541 g/mol. The summed E-state index contributed by atoms with van der Waals surface area (Å²) >= 11 is 3.03. The molecule has 196 valence electrons. The Hall–Kier alpha value is -3.23. The summed E-state index contributed by atoms with van der Waals surface area (Å²) in [6.07, 6.45) is 1.94. The number of ketones is 1. The number of hydrogen-bond donors (Lipinski definition) is 1. The van der Waals surface area contributed by atoms with Crippen molar-refractivity contribution in [1.29, 1.82) is 5.26 Å². The van der Waals surface area contributed by atoms with Gasteiger partial charge in [0.1, 0.15) is 5.82 Å². The van der Waals surface area contributed by atoms with E-state index in [2.05, 4.69) is 37.0 Å². The van der Waals surface area contributed by atoms with Crippen LogP contribution in [-0.2, 0) is 4.79 Å². The number of nitriles is 1. The zero-order valence-corrected chi connectivity index (χ0v) is 23.5. The maximum Gasteiger partial charge on any atom is 0.219 e. The van der Waals surface area contributed by atoms with Crippen molar-refractivity contribution in [3.05, 3.63) is 40.4 Å². The van der Waals surface area contributed by atoms with Crippen molar-refractivity contribution < 1.29 is 19.0 Å². The fourth-order valence-electron chi connectivity index (χ4n) is 4.93. The van der Waals surface area contributed by atoms with Gasteiger partial charge in [0.25, 0.3) is 0 Å². The van der Waals surface area contributed by atoms with Crippen LogP contribution in [0.1, 0.15) is 51.5 Å². The zero-order valence-electron chi connectivity index (χ0n) is 21.9. The second-order valence-corrected chi connectivity index (χ2v) is 11.9. The number of carbonyl (C=O) groups is 1. The van der Waals surface area contributed by atoms with Crippen LogP contribution in [0.2, 0.25) is 0 Å². The van der Waals surface area contributed by atoms with Gasteiger partial charge >= 0.3 is 0 Å². The summed E-state index contributed by atoms with van der Waals surface area (Å²) in [6, 6.07) is 5.83. The molecule has 0 saturated carbocycles. The van der Waals surface area contributed by atoms with Crippen molar-refractivity contribution in [3.8, 4) is 23.3 Å². The van der Waals surface area contributed by atoms with Crippen LogP contribution in [0.15, 0.2) is 39.1 Å². The van der Waals surface area contributed by atoms with Gasteiger partial charge in [0.2, 0.25) is 10.9 Å². The second-order valence-electron chi connectivity index (χ2n) is 9.60. The summed E-state index contributed by atoms with van der Waals surface area (Å²) in [6.45, 7) is 6.22. The summed E-state index contributed by atoms with van der Waals surface area (Å²) in [7, 11) is 4.58. The number of aromatic nitrogens is 2. The molecule has 1 unspecified atom stereocenters. The first-order chi connectivity index (χ1) is 17.7. The highest BCUT2D eigenvalue weighted by Gasteiger charge is 2.46. The first-order valence-corrected chi connectivity index (χ1v) is 13.7. The van der Waals surface area contributed by atoms with Gasteiger partial charge in [-0.3, -0.25) is 9.69 Å². The second kappa shape index (κ2) is 10.6. The average molecular weight is 542 g/mol. The Balaban J connectivity index is 1.98. The van der Waals surface area contributed by atoms with E-state index >= 15 is 0 Å². The Morgan fingerprint density at radius 1 is 1.19 bits per heavy atom. The molecule has 1 aliphatic carbocycles. The van der Waals surface area contributed by atoms with Crippen molar-refractivity contribution >= 4 is 34.0 Å². The number of anilines is 1. The van der Waals surface area contributed by atoms with E-state index in [1.807, 2.05) is 0 Å². The average Bonchev–Trinajstić information content (AvgIpc) is 3.33. The predicted molar refractivity (Wildman–Crippen MR) is 144 cm³/mol. The van der Waals surface area contributed by atoms with E-state index in [0.29, 0.717) is 46.4 Å². The molecule has 1 atom stereocenters. The summed E-state index contributed by atoms with van der Waals surface area (Å²) in [4.78, 5) is 15.6. The topological polar surface area (TPSA) is 124 Å². The standard InChI is InChI=1S/C26H31N5O4S2/c1-7-10-36-25-30-29-24(37-25)31-16-11-26(2,3)12-17(32)20(16)19(15(13-27)23(31)28)14-8-9-18(33-4)22(35-6)21(14)34-5/h8-9,19H,7,10-12,28H2,1-6H3. The van der Waals surface area contributed by atoms with Gasteiger partial charge in [-0.15, -0.1) is 10.2 Å². The molecule has 9 nitrogen and oxygen atoms in total. The Labute approximate surface area is 225 Å². The molecule has 2 aliphatic rings. The van der Waals surface area contributed by atoms with Crippen LogP contribution in [0.4, 0.5) is 5.13 Å². The number of ether oxygens (including phenoxy) is 3. The number of rotatable bonds is 8. The highest BCUT2D eigenvalue weighted by Crippen LogP contribution is 2.54. The van der Waals surface area contributed by atoms with Crippen LogP contribution in [0, 0.1) is 16.7 Å². The lowest BCUT2D eigenvalue weighted by Crippen LogP contribution is -2.42. The normalized spacial score (nSPS) is 19.0. The first-order valence-electron chi connectivity index (χ1n) is 11.9. The molecule has 2 N–H and O–H groups in total. The molecule has 0 fully saturated rings. The minimum Gasteiger partial charge on any atom is -0.493 e. The Bertz CT molecular complexity index is 1320. The van der Waals surface area contributed by atoms with Gasteiger partial charge in [-0.25, -0.2) is 0 Å². The molecule has 11 heteroatoms. The molecule has 0 saturated heterocycles. The van der Waals surface area contributed by atoms with Gasteiger partial charge in [-0.1, -0.05) is 49.9 Å². The Morgan fingerprint density at radius 2 is 1.92 bits per heavy atom. The van der Waals surface area contributed by atoms with Crippen LogP contribution in [-0.4, -0.2) is 43.1 Å². The van der Waals surface area contributed by atoms with Crippen molar-refractivity contribution in [3.63, 3.8) is 0 Å². The first kappa shape index (κ1) is 26.8. The summed E-state index contributed by atoms with van der Waals surface area (Å²) in [5.74, 6) is 1.64. The van der Waals surface area contributed by atoms with E-state index in [0.717, 1.165) is 22.2 Å². The zero-order chi connectivity index (χ0) is 26.9. The van der Waals surface area contributed by atoms with Crippen molar-refractivity contribution in [2.75, 3.05) is 32.0 Å². The van der Waals surface area contributed by atoms with Gasteiger partial charge in [0, 0.05) is 29.0 Å². The molecule has 0 radical (unpaired) electrons. The molecule has 0 spiro atoms. The Morgan fingerprint density at radius 3 is 2.54 bits per heavy atom. The molecule has 0 amide bonds. The maximum absolute atomic E-state index is 13.8. The third-order valence-corrected chi connectivity index (χ3v) is 8.69. The van der Waals surface area contributed by atoms with Crippen LogP contribution in [0.3, 0.4) is 0 Å². The summed E-state index contributed by atoms with van der Waals surface area (Å²) < 4.78 is 17.6. The van der Waals surface area contributed by atoms with E-state index in [-0.39, 0.29) is 22.6 Å². The SMILES string of the molecule is CCCSc1nnc(N2C(N)=C(C#N)C(c3ccc(OC)c(OC)c3OC)C3=C2CC(C)(C)CC3=O)s1. The highest BCUT2D eigenvalue weighted by atomic mass is 32.2. The van der Waals surface area contributed by atoms with Crippen LogP contribution < -0.4 is 24.8 Å². The lowest BCUT2D eigenvalue weighted by atomic mass is 9.68. The molecule has 1 aliphatic heterocycles. The summed E-state index contributed by atoms with van der Waals surface area (Å²) in [5, 5.41) is 19.6. The third kappa shape index (κ3) is 4.76. The quantitative estimate of drug-likeness (QED) is 0.456. The number of nitrogens with two attached hydrogens (primary N) is 1. The van der Waals surface area contributed by atoms with Crippen molar-refractivity contribution in [1.82, 2.24) is 10.2 Å². The molecule has 37 heavy (non-hydrogen) atoms. The molecule has 2 aromatic rings. The van der Waals surface area contributed by atoms with E-state index in [1.165, 1.54) is 32.7 Å². The van der Waals surface area contributed by atoms with Gasteiger partial charge in [-0.2, -0.15) is 5.26 Å². The fraction of sp³-hybridized carbons (Fsp3) is 0.462. The number of nitrogens with zero attached hydrogens (tertiary/aromatic N) is 4. The molecular formula is C26H31N5O4S2. The van der Waals surface area contributed by atoms with E-state index in [4.69, 9.17) is 19.9 Å². The molecule has 1 aromatic heterocycles. The number of thioether (sulfide) groups is 1. The van der Waals surface area contributed by atoms with Crippen LogP contribution in [0.5, 0.6) is 17.2 Å². The minimum absolute atomic E-state index is 0.0385. The van der Waals surface area contributed by atoms with Crippen molar-refractivity contribution in [2.24, 2.45) is 11.1 Å². The smallest absolute Gasteiger partial charge is 0.219 e. The number of Topliss-reactive ketones (excluding diaryl/α,β-unsaturated/α-hetero) is 1. The number of methoxy groups -OCH3 is 3. The lowest BCUT2D eigenvalue weighted by molar-refractivity contribution is -0.118. The largest absolute Gasteiger partial charge is 0.493 e. The van der Waals surface area contributed by atoms with Gasteiger partial charge in [-0.05, 0) is 24.3 Å². The molecular weight excluding hydrogens is 510 g/mol. The molecule has 4 rings (SSSR count). The summed E-state index contributed by atoms with van der Waals surface area (Å²) in [5.41, 5.74) is 8.55. The van der Waals surface area contributed by atoms with Crippen molar-refractivity contribution in [2.45, 2.75) is 50.3 Å². The fourth-order valence-corrected chi connectivity index (χ4v) is 6.74. The van der Waals surface area contributed by atoms with Crippen LogP contribution >= 0.6 is 23.1 Å². The predicted octanol–water partition coefficient (Wildman–Crippen LogP) is 5.01. The van der Waals surface area contributed by atoms with Gasteiger partial charge in [0.05, 0.1) is 38.9 Å². The third-order valence-electron chi connectivity index (χ3n) is 6.44. The number of carbonyl (C=O) groups excluding carboxylic acids is 1. The maximum atomic E-state index is 13.8. The molecule has 2 heterocycles. The minimum atomic E-state index is -0.725. The van der Waals surface area contributed by atoms with E-state index in [1.54, 1.807) is 28.8 Å². The van der Waals surface area contributed by atoms with E-state index < -0.39 is 5.92 Å². The van der Waals surface area contributed by atoms with E-state index in [9.17, 15) is 10.1 Å². The number of hydrogen-bond acceptors (Lipinski definition) is 11. The highest BCUT2D eigenvalue weighted by molar-refractivity contribution is 8.01. The number of benzene rings is 1. The van der Waals surface area contributed by atoms with Gasteiger partial charge < -0.3 is 19.9 Å². The van der Waals surface area contributed by atoms with Gasteiger partial charge in [0.15, 0.2) is 21.6 Å². The van der Waals surface area contributed by atoms with Crippen LogP contribution in [0.25, 0.3) is 0 Å². The molecule has 1 aromatic carbocycles. The molecule has 0 bridgehead atoms. The lowest BCUT2D eigenvalue weighted by Gasteiger charge is -2.42. The number of allylic oxidation sites excluding steroid dienone is 3.